The van der Waals surface area contributed by atoms with E-state index in [1.807, 2.05) is 6.07 Å². The molecule has 0 saturated heterocycles. The van der Waals surface area contributed by atoms with Crippen molar-refractivity contribution in [1.29, 1.82) is 5.26 Å². The summed E-state index contributed by atoms with van der Waals surface area (Å²) in [6.07, 6.45) is -0.456. The lowest BCUT2D eigenvalue weighted by atomic mass is 10.1. The monoisotopic (exact) mass is 297 g/mol. The van der Waals surface area contributed by atoms with Gasteiger partial charge in [-0.1, -0.05) is 0 Å². The van der Waals surface area contributed by atoms with Crippen molar-refractivity contribution in [2.75, 3.05) is 7.11 Å². The van der Waals surface area contributed by atoms with Crippen molar-refractivity contribution in [3.05, 3.63) is 29.3 Å². The Kier molecular flexibility index (Phi) is 5.11. The third-order valence-corrected chi connectivity index (χ3v) is 4.95. The van der Waals surface area contributed by atoms with Gasteiger partial charge in [0.15, 0.2) is 9.84 Å². The summed E-state index contributed by atoms with van der Waals surface area (Å²) < 4.78 is 29.3. The Bertz CT molecular complexity index is 645. The second-order valence-corrected chi connectivity index (χ2v) is 6.77. The minimum Gasteiger partial charge on any atom is -0.496 e. The number of methoxy groups -OCH3 is 1. The van der Waals surface area contributed by atoms with Crippen molar-refractivity contribution in [2.24, 2.45) is 0 Å². The Balaban J connectivity index is 3.08. The molecule has 0 bridgehead atoms. The van der Waals surface area contributed by atoms with Gasteiger partial charge < -0.3 is 9.84 Å². The summed E-state index contributed by atoms with van der Waals surface area (Å²) in [5.74, 6) is -1.17. The van der Waals surface area contributed by atoms with Crippen molar-refractivity contribution < 1.29 is 23.1 Å². The van der Waals surface area contributed by atoms with Crippen LogP contribution in [0.2, 0.25) is 0 Å². The fourth-order valence-electron chi connectivity index (χ4n) is 1.69. The number of nitriles is 1. The Morgan fingerprint density at radius 1 is 1.50 bits per heavy atom. The SMILES string of the molecule is COc1ccc(C#N)cc1CS(=O)(=O)C(C)CC(=O)O. The molecule has 0 aliphatic carbocycles. The zero-order valence-electron chi connectivity index (χ0n) is 11.2. The Morgan fingerprint density at radius 2 is 2.15 bits per heavy atom. The Morgan fingerprint density at radius 3 is 2.65 bits per heavy atom. The van der Waals surface area contributed by atoms with Crippen LogP contribution in [0.4, 0.5) is 0 Å². The average molecular weight is 297 g/mol. The third-order valence-electron chi connectivity index (χ3n) is 2.84. The first-order valence-electron chi connectivity index (χ1n) is 5.80. The van der Waals surface area contributed by atoms with Crippen LogP contribution < -0.4 is 4.74 Å². The summed E-state index contributed by atoms with van der Waals surface area (Å²) in [6, 6.07) is 6.40. The van der Waals surface area contributed by atoms with E-state index in [-0.39, 0.29) is 5.75 Å². The van der Waals surface area contributed by atoms with Gasteiger partial charge in [0.1, 0.15) is 5.75 Å². The highest BCUT2D eigenvalue weighted by atomic mass is 32.2. The number of carbonyl (C=O) groups is 1. The van der Waals surface area contributed by atoms with Crippen LogP contribution in [-0.4, -0.2) is 31.9 Å². The van der Waals surface area contributed by atoms with Gasteiger partial charge in [-0.05, 0) is 25.1 Å². The fourth-order valence-corrected chi connectivity index (χ4v) is 3.03. The topological polar surface area (TPSA) is 104 Å². The summed E-state index contributed by atoms with van der Waals surface area (Å²) in [5.41, 5.74) is 0.672. The number of rotatable bonds is 6. The number of benzene rings is 1. The smallest absolute Gasteiger partial charge is 0.304 e. The van der Waals surface area contributed by atoms with Crippen molar-refractivity contribution >= 4 is 15.8 Å². The molecule has 1 N–H and O–H groups in total. The van der Waals surface area contributed by atoms with Crippen LogP contribution in [-0.2, 0) is 20.4 Å². The average Bonchev–Trinajstić information content (AvgIpc) is 2.37. The van der Waals surface area contributed by atoms with Crippen LogP contribution in [0.5, 0.6) is 5.75 Å². The number of ether oxygens (including phenoxy) is 1. The number of aliphatic carboxylic acids is 1. The van der Waals surface area contributed by atoms with Crippen molar-refractivity contribution in [3.63, 3.8) is 0 Å². The predicted octanol–water partition coefficient (Wildman–Crippen LogP) is 1.34. The minimum atomic E-state index is -3.64. The van der Waals surface area contributed by atoms with Crippen LogP contribution in [0.25, 0.3) is 0 Å². The summed E-state index contributed by atoms with van der Waals surface area (Å²) in [5, 5.41) is 16.5. The van der Waals surface area contributed by atoms with E-state index in [9.17, 15) is 13.2 Å². The number of hydrogen-bond donors (Lipinski definition) is 1. The van der Waals surface area contributed by atoms with E-state index in [0.29, 0.717) is 16.9 Å². The molecule has 0 fully saturated rings. The molecule has 0 saturated carbocycles. The van der Waals surface area contributed by atoms with Crippen molar-refractivity contribution in [2.45, 2.75) is 24.3 Å². The molecular formula is C13H15NO5S. The molecule has 108 valence electrons. The van der Waals surface area contributed by atoms with E-state index >= 15 is 0 Å². The molecule has 1 unspecified atom stereocenters. The second kappa shape index (κ2) is 6.39. The lowest BCUT2D eigenvalue weighted by Gasteiger charge is -2.13. The molecule has 0 heterocycles. The maximum Gasteiger partial charge on any atom is 0.304 e. The first-order valence-corrected chi connectivity index (χ1v) is 7.52. The van der Waals surface area contributed by atoms with E-state index in [1.165, 1.54) is 32.2 Å². The number of sulfone groups is 1. The van der Waals surface area contributed by atoms with Gasteiger partial charge in [-0.25, -0.2) is 8.42 Å². The molecule has 0 aliphatic rings. The molecule has 0 amide bonds. The summed E-state index contributed by atoms with van der Waals surface area (Å²) in [4.78, 5) is 10.6. The van der Waals surface area contributed by atoms with E-state index in [4.69, 9.17) is 15.1 Å². The van der Waals surface area contributed by atoms with E-state index < -0.39 is 27.5 Å². The van der Waals surface area contributed by atoms with Crippen LogP contribution in [0.15, 0.2) is 18.2 Å². The van der Waals surface area contributed by atoms with Crippen LogP contribution in [0.3, 0.4) is 0 Å². The highest BCUT2D eigenvalue weighted by Crippen LogP contribution is 2.24. The van der Waals surface area contributed by atoms with Gasteiger partial charge >= 0.3 is 5.97 Å². The molecule has 1 atom stereocenters. The molecule has 7 heteroatoms. The van der Waals surface area contributed by atoms with E-state index in [2.05, 4.69) is 0 Å². The van der Waals surface area contributed by atoms with E-state index in [1.54, 1.807) is 0 Å². The predicted molar refractivity (Wildman–Crippen MR) is 72.0 cm³/mol. The zero-order chi connectivity index (χ0) is 15.3. The molecule has 1 rings (SSSR count). The summed E-state index contributed by atoms with van der Waals surface area (Å²) in [6.45, 7) is 1.35. The summed E-state index contributed by atoms with van der Waals surface area (Å²) in [7, 11) is -2.24. The number of hydrogen-bond acceptors (Lipinski definition) is 5. The van der Waals surface area contributed by atoms with Crippen LogP contribution in [0.1, 0.15) is 24.5 Å². The quantitative estimate of drug-likeness (QED) is 0.849. The number of carboxylic acids is 1. The standard InChI is InChI=1S/C13H15NO5S/c1-9(5-13(15)16)20(17,18)8-11-6-10(7-14)3-4-12(11)19-2/h3-4,6,9H,5,8H2,1-2H3,(H,15,16). The highest BCUT2D eigenvalue weighted by Gasteiger charge is 2.25. The number of nitrogens with zero attached hydrogens (tertiary/aromatic N) is 1. The molecule has 20 heavy (non-hydrogen) atoms. The van der Waals surface area contributed by atoms with E-state index in [0.717, 1.165) is 0 Å². The van der Waals surface area contributed by atoms with Gasteiger partial charge in [0.2, 0.25) is 0 Å². The van der Waals surface area contributed by atoms with Gasteiger partial charge in [-0.3, -0.25) is 4.79 Å². The zero-order valence-corrected chi connectivity index (χ0v) is 12.0. The maximum absolute atomic E-state index is 12.1. The molecule has 0 aromatic heterocycles. The van der Waals surface area contributed by atoms with Gasteiger partial charge in [0, 0.05) is 5.56 Å². The van der Waals surface area contributed by atoms with Gasteiger partial charge in [-0.2, -0.15) is 5.26 Å². The lowest BCUT2D eigenvalue weighted by Crippen LogP contribution is -2.23. The second-order valence-electron chi connectivity index (χ2n) is 4.35. The summed E-state index contributed by atoms with van der Waals surface area (Å²) >= 11 is 0. The maximum atomic E-state index is 12.1. The van der Waals surface area contributed by atoms with Crippen molar-refractivity contribution in [1.82, 2.24) is 0 Å². The number of carboxylic acid groups (broad SMARTS) is 1. The molecule has 0 radical (unpaired) electrons. The lowest BCUT2D eigenvalue weighted by molar-refractivity contribution is -0.136. The third kappa shape index (κ3) is 3.96. The molecule has 0 aliphatic heterocycles. The molecule has 1 aromatic carbocycles. The molecular weight excluding hydrogens is 282 g/mol. The Hall–Kier alpha value is -2.07. The highest BCUT2D eigenvalue weighted by molar-refractivity contribution is 7.91. The minimum absolute atomic E-state index is 0.321. The van der Waals surface area contributed by atoms with Crippen LogP contribution >= 0.6 is 0 Å². The van der Waals surface area contributed by atoms with Crippen molar-refractivity contribution in [3.8, 4) is 11.8 Å². The van der Waals surface area contributed by atoms with Gasteiger partial charge in [0.25, 0.3) is 0 Å². The first kappa shape index (κ1) is 16.0. The van der Waals surface area contributed by atoms with Crippen LogP contribution in [0, 0.1) is 11.3 Å². The molecule has 6 nitrogen and oxygen atoms in total. The Labute approximate surface area is 117 Å². The first-order chi connectivity index (χ1) is 9.30. The largest absolute Gasteiger partial charge is 0.496 e. The molecule has 1 aromatic rings. The normalized spacial score (nSPS) is 12.4. The fraction of sp³-hybridized carbons (Fsp3) is 0.385. The van der Waals surface area contributed by atoms with Gasteiger partial charge in [0.05, 0.1) is 36.2 Å². The van der Waals surface area contributed by atoms with Gasteiger partial charge in [-0.15, -0.1) is 0 Å². The molecule has 0 spiro atoms.